The summed E-state index contributed by atoms with van der Waals surface area (Å²) in [5.41, 5.74) is 3.53. The first-order valence-corrected chi connectivity index (χ1v) is 8.73. The highest BCUT2D eigenvalue weighted by Gasteiger charge is 2.30. The summed E-state index contributed by atoms with van der Waals surface area (Å²) < 4.78 is 13.5. The van der Waals surface area contributed by atoms with Crippen molar-refractivity contribution in [3.63, 3.8) is 0 Å². The van der Waals surface area contributed by atoms with E-state index in [9.17, 15) is 4.39 Å². The largest absolute Gasteiger partial charge is 0.353 e. The maximum absolute atomic E-state index is 13.5. The van der Waals surface area contributed by atoms with Gasteiger partial charge in [-0.05, 0) is 44.0 Å². The molecule has 0 aliphatic carbocycles. The number of anilines is 1. The van der Waals surface area contributed by atoms with Gasteiger partial charge in [0.2, 0.25) is 0 Å². The molecule has 0 unspecified atom stereocenters. The Bertz CT molecular complexity index is 733. The van der Waals surface area contributed by atoms with E-state index >= 15 is 0 Å². The molecule has 0 N–H and O–H groups in total. The molecule has 1 aromatic carbocycles. The van der Waals surface area contributed by atoms with Crippen molar-refractivity contribution in [1.82, 2.24) is 14.9 Å². The summed E-state index contributed by atoms with van der Waals surface area (Å²) in [5, 5.41) is 0. The van der Waals surface area contributed by atoms with Crippen LogP contribution < -0.4 is 4.90 Å². The van der Waals surface area contributed by atoms with E-state index < -0.39 is 0 Å². The van der Waals surface area contributed by atoms with E-state index in [1.54, 1.807) is 18.5 Å². The quantitative estimate of drug-likeness (QED) is 0.868. The average molecular weight is 326 g/mol. The summed E-state index contributed by atoms with van der Waals surface area (Å²) in [7, 11) is 2.15. The zero-order valence-electron chi connectivity index (χ0n) is 14.1. The molecular formula is C19H23FN4. The number of benzene rings is 1. The van der Waals surface area contributed by atoms with Crippen LogP contribution in [0.5, 0.6) is 0 Å². The smallest absolute Gasteiger partial charge is 0.137 e. The topological polar surface area (TPSA) is 32.3 Å². The molecule has 0 amide bonds. The lowest BCUT2D eigenvalue weighted by Crippen LogP contribution is -2.35. The summed E-state index contributed by atoms with van der Waals surface area (Å²) in [6.07, 6.45) is 5.85. The lowest BCUT2D eigenvalue weighted by molar-refractivity contribution is 0.309. The average Bonchev–Trinajstić information content (AvgIpc) is 3.02. The molecule has 24 heavy (non-hydrogen) atoms. The monoisotopic (exact) mass is 326 g/mol. The van der Waals surface area contributed by atoms with Crippen LogP contribution in [-0.4, -0.2) is 41.0 Å². The van der Waals surface area contributed by atoms with Gasteiger partial charge in [-0.25, -0.2) is 14.4 Å². The Morgan fingerprint density at radius 2 is 2.17 bits per heavy atom. The summed E-state index contributed by atoms with van der Waals surface area (Å²) in [6.45, 7) is 2.98. The molecule has 2 aromatic rings. The molecular weight excluding hydrogens is 303 g/mol. The van der Waals surface area contributed by atoms with E-state index in [1.807, 2.05) is 6.07 Å². The number of hydrogen-bond acceptors (Lipinski definition) is 4. The van der Waals surface area contributed by atoms with Gasteiger partial charge in [-0.2, -0.15) is 0 Å². The number of halogens is 1. The van der Waals surface area contributed by atoms with E-state index in [0.29, 0.717) is 6.04 Å². The number of rotatable bonds is 3. The summed E-state index contributed by atoms with van der Waals surface area (Å²) >= 11 is 0. The second kappa shape index (κ2) is 6.48. The van der Waals surface area contributed by atoms with Gasteiger partial charge in [0, 0.05) is 37.7 Å². The summed E-state index contributed by atoms with van der Waals surface area (Å²) in [4.78, 5) is 13.9. The van der Waals surface area contributed by atoms with Gasteiger partial charge in [-0.15, -0.1) is 0 Å². The fraction of sp³-hybridized carbons (Fsp3) is 0.474. The standard InChI is InChI=1S/C19H23FN4/c1-23-9-7-18-17(12-23)19(22-13-21-18)24-8-3-6-16(24)11-14-4-2-5-15(20)10-14/h2,4-5,10,13,16H,3,6-9,11-12H2,1H3/t16-/m0/s1. The maximum Gasteiger partial charge on any atom is 0.137 e. The zero-order chi connectivity index (χ0) is 16.5. The molecule has 126 valence electrons. The number of hydrogen-bond donors (Lipinski definition) is 0. The highest BCUT2D eigenvalue weighted by atomic mass is 19.1. The van der Waals surface area contributed by atoms with E-state index in [4.69, 9.17) is 0 Å². The van der Waals surface area contributed by atoms with E-state index in [-0.39, 0.29) is 5.82 Å². The van der Waals surface area contributed by atoms with E-state index in [1.165, 1.54) is 17.3 Å². The number of aromatic nitrogens is 2. The van der Waals surface area contributed by atoms with Crippen LogP contribution in [0, 0.1) is 5.82 Å². The fourth-order valence-corrected chi connectivity index (χ4v) is 3.97. The molecule has 2 aliphatic heterocycles. The number of fused-ring (bicyclic) bond motifs is 1. The van der Waals surface area contributed by atoms with Crippen LogP contribution in [0.1, 0.15) is 29.7 Å². The van der Waals surface area contributed by atoms with Crippen LogP contribution in [0.3, 0.4) is 0 Å². The first-order valence-electron chi connectivity index (χ1n) is 8.73. The lowest BCUT2D eigenvalue weighted by Gasteiger charge is -2.32. The molecule has 1 atom stereocenters. The number of nitrogens with zero attached hydrogens (tertiary/aromatic N) is 4. The second-order valence-corrected chi connectivity index (χ2v) is 6.93. The highest BCUT2D eigenvalue weighted by molar-refractivity contribution is 5.51. The third-order valence-corrected chi connectivity index (χ3v) is 5.18. The van der Waals surface area contributed by atoms with Crippen LogP contribution in [-0.2, 0) is 19.4 Å². The minimum atomic E-state index is -0.155. The molecule has 4 rings (SSSR count). The first-order chi connectivity index (χ1) is 11.7. The van der Waals surface area contributed by atoms with Gasteiger partial charge >= 0.3 is 0 Å². The van der Waals surface area contributed by atoms with Crippen molar-refractivity contribution in [2.45, 2.75) is 38.3 Å². The zero-order valence-corrected chi connectivity index (χ0v) is 14.1. The van der Waals surface area contributed by atoms with Gasteiger partial charge in [0.1, 0.15) is 18.0 Å². The van der Waals surface area contributed by atoms with Crippen LogP contribution in [0.15, 0.2) is 30.6 Å². The van der Waals surface area contributed by atoms with Crippen LogP contribution in [0.25, 0.3) is 0 Å². The fourth-order valence-electron chi connectivity index (χ4n) is 3.97. The Balaban J connectivity index is 1.61. The van der Waals surface area contributed by atoms with E-state index in [2.05, 4.69) is 26.8 Å². The Labute approximate surface area is 142 Å². The molecule has 0 radical (unpaired) electrons. The molecule has 1 aromatic heterocycles. The molecule has 4 nitrogen and oxygen atoms in total. The molecule has 1 fully saturated rings. The predicted octanol–water partition coefficient (Wildman–Crippen LogP) is 2.82. The maximum atomic E-state index is 13.5. The van der Waals surface area contributed by atoms with Crippen LogP contribution in [0.2, 0.25) is 0 Å². The molecule has 3 heterocycles. The Hall–Kier alpha value is -2.01. The van der Waals surface area contributed by atoms with Gasteiger partial charge in [-0.3, -0.25) is 0 Å². The minimum Gasteiger partial charge on any atom is -0.353 e. The predicted molar refractivity (Wildman–Crippen MR) is 92.5 cm³/mol. The van der Waals surface area contributed by atoms with Crippen molar-refractivity contribution >= 4 is 5.82 Å². The van der Waals surface area contributed by atoms with Gasteiger partial charge in [0.25, 0.3) is 0 Å². The van der Waals surface area contributed by atoms with Crippen molar-refractivity contribution in [2.24, 2.45) is 0 Å². The van der Waals surface area contributed by atoms with Gasteiger partial charge in [-0.1, -0.05) is 12.1 Å². The van der Waals surface area contributed by atoms with Gasteiger partial charge < -0.3 is 9.80 Å². The Kier molecular flexibility index (Phi) is 4.19. The normalized spacial score (nSPS) is 21.1. The molecule has 2 aliphatic rings. The van der Waals surface area contributed by atoms with Crippen molar-refractivity contribution in [2.75, 3.05) is 25.0 Å². The Morgan fingerprint density at radius 1 is 1.25 bits per heavy atom. The second-order valence-electron chi connectivity index (χ2n) is 6.93. The Morgan fingerprint density at radius 3 is 3.04 bits per heavy atom. The third-order valence-electron chi connectivity index (χ3n) is 5.18. The lowest BCUT2D eigenvalue weighted by atomic mass is 10.0. The molecule has 5 heteroatoms. The number of likely N-dealkylation sites (N-methyl/N-ethyl adjacent to an activating group) is 1. The summed E-state index contributed by atoms with van der Waals surface area (Å²) in [6, 6.07) is 7.36. The highest BCUT2D eigenvalue weighted by Crippen LogP contribution is 2.31. The van der Waals surface area contributed by atoms with Crippen molar-refractivity contribution in [3.8, 4) is 0 Å². The van der Waals surface area contributed by atoms with Crippen molar-refractivity contribution in [3.05, 3.63) is 53.2 Å². The molecule has 0 bridgehead atoms. The van der Waals surface area contributed by atoms with Crippen LogP contribution >= 0.6 is 0 Å². The van der Waals surface area contributed by atoms with E-state index in [0.717, 1.165) is 56.7 Å². The third kappa shape index (κ3) is 3.00. The summed E-state index contributed by atoms with van der Waals surface area (Å²) in [5.74, 6) is 0.934. The molecule has 0 saturated carbocycles. The van der Waals surface area contributed by atoms with Gasteiger partial charge in [0.05, 0.1) is 5.69 Å². The molecule has 0 spiro atoms. The van der Waals surface area contributed by atoms with Crippen LogP contribution in [0.4, 0.5) is 10.2 Å². The molecule has 1 saturated heterocycles. The van der Waals surface area contributed by atoms with Gasteiger partial charge in [0.15, 0.2) is 0 Å². The minimum absolute atomic E-state index is 0.155. The van der Waals surface area contributed by atoms with Crippen molar-refractivity contribution < 1.29 is 4.39 Å². The van der Waals surface area contributed by atoms with Crippen molar-refractivity contribution in [1.29, 1.82) is 0 Å². The first kappa shape index (κ1) is 15.5. The SMILES string of the molecule is CN1CCc2ncnc(N3CCC[C@H]3Cc3cccc(F)c3)c2C1.